The molecule has 3 rings (SSSR count). The van der Waals surface area contributed by atoms with Crippen molar-refractivity contribution in [3.63, 3.8) is 0 Å². The Balaban J connectivity index is 0.000000313. The summed E-state index contributed by atoms with van der Waals surface area (Å²) >= 11 is 0. The van der Waals surface area contributed by atoms with Gasteiger partial charge in [0.1, 0.15) is 7.05 Å². The Labute approximate surface area is 137 Å². The van der Waals surface area contributed by atoms with Crippen molar-refractivity contribution in [3.05, 3.63) is 89.7 Å². The first-order chi connectivity index (χ1) is 9.75. The maximum Gasteiger partial charge on any atom is 0.169 e. The Bertz CT molecular complexity index is 613. The van der Waals surface area contributed by atoms with Gasteiger partial charge in [-0.25, -0.2) is 4.57 Å². The molecule has 0 bridgehead atoms. The molecule has 1 nitrogen and oxygen atoms in total. The predicted octanol–water partition coefficient (Wildman–Crippen LogP) is 4.11. The fraction of sp³-hybridized carbons (Fsp3) is 0.105. The number of aryl methyl sites for hydroxylation is 2. The van der Waals surface area contributed by atoms with E-state index in [1.54, 1.807) is 0 Å². The van der Waals surface area contributed by atoms with Gasteiger partial charge in [0.05, 0.1) is 0 Å². The number of pyridine rings is 1. The summed E-state index contributed by atoms with van der Waals surface area (Å²) in [6.45, 7) is 2.13. The van der Waals surface area contributed by atoms with Gasteiger partial charge in [0.25, 0.3) is 0 Å². The van der Waals surface area contributed by atoms with Gasteiger partial charge in [-0.15, -0.1) is 11.6 Å². The molecule has 0 saturated carbocycles. The van der Waals surface area contributed by atoms with Crippen LogP contribution in [0.1, 0.15) is 16.7 Å². The van der Waals surface area contributed by atoms with Gasteiger partial charge >= 0.3 is 0 Å². The molecule has 0 amide bonds. The molecule has 3 aromatic rings. The van der Waals surface area contributed by atoms with E-state index in [9.17, 15) is 0 Å². The van der Waals surface area contributed by atoms with Crippen LogP contribution >= 0.6 is 0 Å². The Morgan fingerprint density at radius 2 is 1.52 bits per heavy atom. The summed E-state index contributed by atoms with van der Waals surface area (Å²) in [5, 5.41) is 0. The average Bonchev–Trinajstić information content (AvgIpc) is 3.13. The standard InChI is InChI=1S/C14H15N.C5H5.Fe/c1-12-4-3-5-14(12)7-6-13-8-10-15(2)11-9-13;1-2-4-5-3-1;/h3-11H,1-2H3;1-5H;/q;-5;. The fourth-order valence-electron chi connectivity index (χ4n) is 1.84. The molecule has 21 heavy (non-hydrogen) atoms. The largest absolute Gasteiger partial charge is 0.748 e. The van der Waals surface area contributed by atoms with Crippen LogP contribution in [0.25, 0.3) is 12.2 Å². The molecule has 0 spiro atoms. The molecule has 2 aromatic carbocycles. The second-order valence-electron chi connectivity index (χ2n) is 4.76. The molecule has 2 heteroatoms. The minimum atomic E-state index is 0. The first kappa shape index (κ1) is 17.2. The Morgan fingerprint density at radius 1 is 0.952 bits per heavy atom. The first-order valence-corrected chi connectivity index (χ1v) is 6.78. The van der Waals surface area contributed by atoms with E-state index in [0.29, 0.717) is 0 Å². The molecular formula is C19H20FeN-5. The number of hydrogen-bond acceptors (Lipinski definition) is 0. The maximum atomic E-state index is 2.16. The van der Waals surface area contributed by atoms with Crippen molar-refractivity contribution in [1.82, 2.24) is 0 Å². The summed E-state index contributed by atoms with van der Waals surface area (Å²) in [6.07, 6.45) is 8.40. The van der Waals surface area contributed by atoms with Gasteiger partial charge in [-0.3, -0.25) is 0 Å². The summed E-state index contributed by atoms with van der Waals surface area (Å²) in [6, 6.07) is 20.6. The van der Waals surface area contributed by atoms with Crippen molar-refractivity contribution in [2.45, 2.75) is 6.92 Å². The number of nitrogens with zero attached hydrogens (tertiary/aromatic N) is 1. The topological polar surface area (TPSA) is 3.88 Å². The normalized spacial score (nSPS) is 9.81. The molecule has 114 valence electrons. The minimum absolute atomic E-state index is 0. The zero-order valence-corrected chi connectivity index (χ0v) is 13.5. The zero-order valence-electron chi connectivity index (χ0n) is 12.4. The van der Waals surface area contributed by atoms with Gasteiger partial charge < -0.3 is 30.3 Å². The van der Waals surface area contributed by atoms with Crippen LogP contribution in [-0.2, 0) is 24.1 Å². The van der Waals surface area contributed by atoms with E-state index < -0.39 is 0 Å². The van der Waals surface area contributed by atoms with Crippen LogP contribution in [0.5, 0.6) is 0 Å². The second kappa shape index (κ2) is 9.12. The first-order valence-electron chi connectivity index (χ1n) is 6.78. The summed E-state index contributed by atoms with van der Waals surface area (Å²) in [4.78, 5) is 0. The van der Waals surface area contributed by atoms with Crippen LogP contribution in [0.15, 0.2) is 73.1 Å². The van der Waals surface area contributed by atoms with Crippen molar-refractivity contribution in [1.29, 1.82) is 0 Å². The fourth-order valence-corrected chi connectivity index (χ4v) is 1.84. The minimum Gasteiger partial charge on any atom is -0.748 e. The van der Waals surface area contributed by atoms with Crippen molar-refractivity contribution in [2.24, 2.45) is 7.05 Å². The molecule has 0 aliphatic heterocycles. The zero-order chi connectivity index (χ0) is 14.2. The van der Waals surface area contributed by atoms with E-state index in [0.717, 1.165) is 0 Å². The van der Waals surface area contributed by atoms with Crippen LogP contribution in [0, 0.1) is 6.92 Å². The molecule has 0 aliphatic carbocycles. The van der Waals surface area contributed by atoms with Gasteiger partial charge in [-0.1, -0.05) is 13.0 Å². The molecule has 0 radical (unpaired) electrons. The number of rotatable bonds is 2. The van der Waals surface area contributed by atoms with Crippen LogP contribution in [0.3, 0.4) is 0 Å². The summed E-state index contributed by atoms with van der Waals surface area (Å²) < 4.78 is 2.03. The molecule has 0 unspecified atom stereocenters. The van der Waals surface area contributed by atoms with Gasteiger partial charge in [-0.05, 0) is 5.56 Å². The molecule has 0 saturated heterocycles. The average molecular weight is 318 g/mol. The van der Waals surface area contributed by atoms with E-state index in [1.165, 1.54) is 16.7 Å². The van der Waals surface area contributed by atoms with E-state index in [4.69, 9.17) is 0 Å². The molecule has 1 aromatic heterocycles. The molecule has 0 atom stereocenters. The molecule has 0 aliphatic rings. The molecule has 0 N–H and O–H groups in total. The van der Waals surface area contributed by atoms with Gasteiger partial charge in [-0.2, -0.15) is 23.8 Å². The second-order valence-corrected chi connectivity index (χ2v) is 4.76. The van der Waals surface area contributed by atoms with Crippen LogP contribution in [0.4, 0.5) is 0 Å². The number of hydrogen-bond donors (Lipinski definition) is 0. The van der Waals surface area contributed by atoms with Crippen molar-refractivity contribution in [2.75, 3.05) is 0 Å². The summed E-state index contributed by atoms with van der Waals surface area (Å²) in [5.74, 6) is 0. The van der Waals surface area contributed by atoms with Crippen molar-refractivity contribution < 1.29 is 21.6 Å². The monoisotopic (exact) mass is 318 g/mol. The Hall–Kier alpha value is -1.89. The number of aromatic nitrogens is 1. The quantitative estimate of drug-likeness (QED) is 0.380. The summed E-state index contributed by atoms with van der Waals surface area (Å²) in [7, 11) is 2.02. The van der Waals surface area contributed by atoms with Crippen LogP contribution < -0.4 is 4.57 Å². The van der Waals surface area contributed by atoms with Gasteiger partial charge in [0.2, 0.25) is 0 Å². The van der Waals surface area contributed by atoms with Crippen molar-refractivity contribution >= 4 is 12.2 Å². The third kappa shape index (κ3) is 5.95. The van der Waals surface area contributed by atoms with Crippen molar-refractivity contribution in [3.8, 4) is 0 Å². The van der Waals surface area contributed by atoms with Gasteiger partial charge in [0.15, 0.2) is 12.4 Å². The van der Waals surface area contributed by atoms with Crippen LogP contribution in [-0.4, -0.2) is 0 Å². The molecule has 0 fully saturated rings. The van der Waals surface area contributed by atoms with E-state index in [-0.39, 0.29) is 17.1 Å². The van der Waals surface area contributed by atoms with Gasteiger partial charge in [0, 0.05) is 29.2 Å². The maximum absolute atomic E-state index is 2.16. The Kier molecular flexibility index (Phi) is 7.45. The summed E-state index contributed by atoms with van der Waals surface area (Å²) in [5.41, 5.74) is 3.85. The van der Waals surface area contributed by atoms with E-state index in [2.05, 4.69) is 61.8 Å². The smallest absolute Gasteiger partial charge is 0.169 e. The third-order valence-electron chi connectivity index (χ3n) is 3.09. The van der Waals surface area contributed by atoms with Crippen LogP contribution in [0.2, 0.25) is 0 Å². The SMILES string of the molecule is C[c-]1cccc1C=Cc1cc[n+](C)cc1.[Fe].[cH-]1[cH-][cH-][cH-][cH-]1. The molecule has 1 heterocycles. The predicted molar refractivity (Wildman–Crippen MR) is 85.4 cm³/mol. The van der Waals surface area contributed by atoms with E-state index in [1.807, 2.05) is 41.9 Å². The van der Waals surface area contributed by atoms with E-state index >= 15 is 0 Å². The third-order valence-corrected chi connectivity index (χ3v) is 3.09. The Morgan fingerprint density at radius 3 is 2.00 bits per heavy atom. The molecular weight excluding hydrogens is 298 g/mol.